The summed E-state index contributed by atoms with van der Waals surface area (Å²) in [5.41, 5.74) is 5.78. The van der Waals surface area contributed by atoms with Crippen molar-refractivity contribution in [3.05, 3.63) is 76.4 Å². The molecule has 3 heteroatoms. The van der Waals surface area contributed by atoms with Crippen molar-refractivity contribution in [2.24, 2.45) is 5.16 Å². The van der Waals surface area contributed by atoms with Gasteiger partial charge in [-0.3, -0.25) is 0 Å². The van der Waals surface area contributed by atoms with E-state index in [-0.39, 0.29) is 0 Å². The molecule has 22 heavy (non-hydrogen) atoms. The molecule has 0 aromatic heterocycles. The second-order valence-corrected chi connectivity index (χ2v) is 5.87. The summed E-state index contributed by atoms with van der Waals surface area (Å²) in [4.78, 5) is 5.38. The van der Waals surface area contributed by atoms with E-state index in [1.165, 1.54) is 11.1 Å². The van der Waals surface area contributed by atoms with E-state index in [1.807, 2.05) is 24.3 Å². The quantitative estimate of drug-likeness (QED) is 0.569. The summed E-state index contributed by atoms with van der Waals surface area (Å²) in [5.74, 6) is 0. The van der Waals surface area contributed by atoms with Gasteiger partial charge < -0.3 is 4.84 Å². The number of aryl methyl sites for hydroxylation is 2. The van der Waals surface area contributed by atoms with Gasteiger partial charge in [0.1, 0.15) is 6.61 Å². The van der Waals surface area contributed by atoms with Crippen LogP contribution in [0.15, 0.2) is 59.3 Å². The molecule has 0 saturated carbocycles. The number of nitrogens with zero attached hydrogens (tertiary/aromatic N) is 1. The summed E-state index contributed by atoms with van der Waals surface area (Å²) in [6, 6.07) is 16.5. The standard InChI is InChI=1S/C19H18ClNO/c1-14-6-8-15(9-7-14)13-22-21-12-17-11-10-16-4-2-3-5-18(16)19(17)20/h2-9,12H,10-11,13H2,1H3/b21-12+. The zero-order valence-electron chi connectivity index (χ0n) is 12.6. The number of halogens is 1. The fourth-order valence-electron chi connectivity index (χ4n) is 2.52. The maximum atomic E-state index is 6.46. The van der Waals surface area contributed by atoms with Gasteiger partial charge in [0, 0.05) is 0 Å². The average Bonchev–Trinajstić information content (AvgIpc) is 2.55. The van der Waals surface area contributed by atoms with Crippen LogP contribution in [-0.2, 0) is 17.9 Å². The summed E-state index contributed by atoms with van der Waals surface area (Å²) in [7, 11) is 0. The molecule has 1 aliphatic rings. The van der Waals surface area contributed by atoms with Crippen molar-refractivity contribution < 1.29 is 4.84 Å². The molecule has 0 fully saturated rings. The van der Waals surface area contributed by atoms with Crippen LogP contribution >= 0.6 is 11.6 Å². The van der Waals surface area contributed by atoms with E-state index in [2.05, 4.69) is 36.3 Å². The van der Waals surface area contributed by atoms with Gasteiger partial charge in [0.25, 0.3) is 0 Å². The van der Waals surface area contributed by atoms with Crippen molar-refractivity contribution in [1.82, 2.24) is 0 Å². The van der Waals surface area contributed by atoms with Crippen molar-refractivity contribution in [2.75, 3.05) is 0 Å². The molecule has 0 atom stereocenters. The van der Waals surface area contributed by atoms with E-state index in [4.69, 9.17) is 16.4 Å². The monoisotopic (exact) mass is 311 g/mol. The molecular formula is C19H18ClNO. The van der Waals surface area contributed by atoms with Gasteiger partial charge in [-0.05, 0) is 42.0 Å². The van der Waals surface area contributed by atoms with Gasteiger partial charge in [0.05, 0.1) is 11.2 Å². The summed E-state index contributed by atoms with van der Waals surface area (Å²) < 4.78 is 0. The van der Waals surface area contributed by atoms with E-state index in [0.717, 1.165) is 34.6 Å². The summed E-state index contributed by atoms with van der Waals surface area (Å²) >= 11 is 6.46. The summed E-state index contributed by atoms with van der Waals surface area (Å²) in [6.07, 6.45) is 3.63. The summed E-state index contributed by atoms with van der Waals surface area (Å²) in [5, 5.41) is 4.85. The molecule has 0 radical (unpaired) electrons. The molecule has 2 aromatic rings. The average molecular weight is 312 g/mol. The first-order valence-corrected chi connectivity index (χ1v) is 7.79. The largest absolute Gasteiger partial charge is 0.391 e. The maximum absolute atomic E-state index is 6.46. The van der Waals surface area contributed by atoms with E-state index >= 15 is 0 Å². The third-order valence-corrected chi connectivity index (χ3v) is 4.28. The minimum atomic E-state index is 0.471. The van der Waals surface area contributed by atoms with Crippen molar-refractivity contribution in [2.45, 2.75) is 26.4 Å². The van der Waals surface area contributed by atoms with Crippen LogP contribution in [-0.4, -0.2) is 6.21 Å². The van der Waals surface area contributed by atoms with Crippen LogP contribution < -0.4 is 0 Å². The second kappa shape index (κ2) is 6.80. The third kappa shape index (κ3) is 3.40. The molecule has 1 aliphatic carbocycles. The number of hydrogen-bond donors (Lipinski definition) is 0. The Bertz CT molecular complexity index is 716. The molecule has 0 amide bonds. The van der Waals surface area contributed by atoms with Gasteiger partial charge in [-0.1, -0.05) is 70.9 Å². The fourth-order valence-corrected chi connectivity index (χ4v) is 2.85. The lowest BCUT2D eigenvalue weighted by Crippen LogP contribution is -2.03. The number of fused-ring (bicyclic) bond motifs is 1. The highest BCUT2D eigenvalue weighted by Gasteiger charge is 2.15. The number of benzene rings is 2. The molecule has 3 rings (SSSR count). The molecule has 0 N–H and O–H groups in total. The zero-order valence-corrected chi connectivity index (χ0v) is 13.3. The molecular weight excluding hydrogens is 294 g/mol. The van der Waals surface area contributed by atoms with Gasteiger partial charge >= 0.3 is 0 Å². The maximum Gasteiger partial charge on any atom is 0.142 e. The van der Waals surface area contributed by atoms with Crippen molar-refractivity contribution >= 4 is 22.8 Å². The lowest BCUT2D eigenvalue weighted by Gasteiger charge is -2.16. The van der Waals surface area contributed by atoms with Crippen LogP contribution in [0.5, 0.6) is 0 Å². The molecule has 2 aromatic carbocycles. The number of allylic oxidation sites excluding steroid dienone is 1. The smallest absolute Gasteiger partial charge is 0.142 e. The zero-order chi connectivity index (χ0) is 15.4. The van der Waals surface area contributed by atoms with Crippen LogP contribution in [0, 0.1) is 6.92 Å². The number of hydrogen-bond acceptors (Lipinski definition) is 2. The highest BCUT2D eigenvalue weighted by atomic mass is 35.5. The Balaban J connectivity index is 1.64. The normalized spacial score (nSPS) is 14.3. The van der Waals surface area contributed by atoms with E-state index in [0.29, 0.717) is 6.61 Å². The van der Waals surface area contributed by atoms with Gasteiger partial charge in [-0.25, -0.2) is 0 Å². The van der Waals surface area contributed by atoms with Crippen molar-refractivity contribution in [3.63, 3.8) is 0 Å². The predicted octanol–water partition coefficient (Wildman–Crippen LogP) is 5.09. The fraction of sp³-hybridized carbons (Fsp3) is 0.211. The Morgan fingerprint density at radius 2 is 1.86 bits per heavy atom. The topological polar surface area (TPSA) is 21.6 Å². The number of rotatable bonds is 4. The highest BCUT2D eigenvalue weighted by molar-refractivity contribution is 6.50. The lowest BCUT2D eigenvalue weighted by molar-refractivity contribution is 0.132. The van der Waals surface area contributed by atoms with E-state index < -0.39 is 0 Å². The first-order chi connectivity index (χ1) is 10.7. The Labute approximate surface area is 136 Å². The first kappa shape index (κ1) is 14.9. The van der Waals surface area contributed by atoms with Crippen LogP contribution in [0.2, 0.25) is 0 Å². The molecule has 0 spiro atoms. The minimum Gasteiger partial charge on any atom is -0.391 e. The molecule has 0 heterocycles. The van der Waals surface area contributed by atoms with E-state index in [9.17, 15) is 0 Å². The van der Waals surface area contributed by atoms with Crippen molar-refractivity contribution in [3.8, 4) is 0 Å². The Morgan fingerprint density at radius 1 is 1.09 bits per heavy atom. The van der Waals surface area contributed by atoms with Crippen molar-refractivity contribution in [1.29, 1.82) is 0 Å². The molecule has 0 saturated heterocycles. The minimum absolute atomic E-state index is 0.471. The third-order valence-electron chi connectivity index (χ3n) is 3.83. The lowest BCUT2D eigenvalue weighted by atomic mass is 9.92. The molecule has 2 nitrogen and oxygen atoms in total. The second-order valence-electron chi connectivity index (χ2n) is 5.49. The van der Waals surface area contributed by atoms with Gasteiger partial charge in [-0.2, -0.15) is 0 Å². The molecule has 0 bridgehead atoms. The van der Waals surface area contributed by atoms with Crippen LogP contribution in [0.25, 0.3) is 5.03 Å². The molecule has 112 valence electrons. The predicted molar refractivity (Wildman–Crippen MR) is 92.0 cm³/mol. The highest BCUT2D eigenvalue weighted by Crippen LogP contribution is 2.33. The SMILES string of the molecule is Cc1ccc(CO/N=C/C2=C(Cl)c3ccccc3CC2)cc1. The van der Waals surface area contributed by atoms with Gasteiger partial charge in [-0.15, -0.1) is 0 Å². The van der Waals surface area contributed by atoms with Crippen LogP contribution in [0.3, 0.4) is 0 Å². The van der Waals surface area contributed by atoms with Gasteiger partial charge in [0.2, 0.25) is 0 Å². The Kier molecular flexibility index (Phi) is 4.59. The first-order valence-electron chi connectivity index (χ1n) is 7.42. The Hall–Kier alpha value is -2.06. The van der Waals surface area contributed by atoms with Crippen LogP contribution in [0.1, 0.15) is 28.7 Å². The molecule has 0 unspecified atom stereocenters. The van der Waals surface area contributed by atoms with E-state index in [1.54, 1.807) is 6.21 Å². The van der Waals surface area contributed by atoms with Gasteiger partial charge in [0.15, 0.2) is 0 Å². The Morgan fingerprint density at radius 3 is 2.68 bits per heavy atom. The summed E-state index contributed by atoms with van der Waals surface area (Å²) in [6.45, 7) is 2.54. The number of oxime groups is 1. The van der Waals surface area contributed by atoms with Crippen LogP contribution in [0.4, 0.5) is 0 Å². The molecule has 0 aliphatic heterocycles.